The highest BCUT2D eigenvalue weighted by Crippen LogP contribution is 2.34. The molecule has 1 saturated carbocycles. The number of aromatic nitrogens is 7. The molecule has 6 heterocycles. The molecule has 0 atom stereocenters. The van der Waals surface area contributed by atoms with Gasteiger partial charge in [-0.15, -0.1) is 0 Å². The molecule has 0 radical (unpaired) electrons. The SMILES string of the molecule is c1ccc(-c2cncc3[nH]c(-c4n[nH]c5ncc(-c6cncc(OC7CCCCC7)c6)cc45)cc23)nc1. The first-order valence-corrected chi connectivity index (χ1v) is 12.7. The minimum absolute atomic E-state index is 0.277. The van der Waals surface area contributed by atoms with Crippen molar-refractivity contribution in [2.75, 3.05) is 0 Å². The fourth-order valence-corrected chi connectivity index (χ4v) is 5.19. The number of nitrogens with zero attached hydrogens (tertiary/aromatic N) is 5. The maximum atomic E-state index is 6.25. The van der Waals surface area contributed by atoms with E-state index in [0.717, 1.165) is 74.3 Å². The van der Waals surface area contributed by atoms with Crippen LogP contribution in [0.4, 0.5) is 0 Å². The Kier molecular flexibility index (Phi) is 5.35. The number of pyridine rings is 4. The van der Waals surface area contributed by atoms with E-state index in [1.165, 1.54) is 19.3 Å². The number of aromatic amines is 2. The van der Waals surface area contributed by atoms with Gasteiger partial charge in [0.15, 0.2) is 5.65 Å². The predicted molar refractivity (Wildman–Crippen MR) is 143 cm³/mol. The van der Waals surface area contributed by atoms with E-state index in [2.05, 4.69) is 53.3 Å². The summed E-state index contributed by atoms with van der Waals surface area (Å²) in [5.74, 6) is 0.807. The quantitative estimate of drug-likeness (QED) is 0.294. The zero-order valence-electron chi connectivity index (χ0n) is 20.2. The fraction of sp³-hybridized carbons (Fsp3) is 0.207. The second-order valence-corrected chi connectivity index (χ2v) is 9.53. The molecule has 0 unspecified atom stereocenters. The van der Waals surface area contributed by atoms with Crippen molar-refractivity contribution in [1.29, 1.82) is 0 Å². The first kappa shape index (κ1) is 21.7. The highest BCUT2D eigenvalue weighted by molar-refractivity contribution is 6.00. The first-order chi connectivity index (χ1) is 18.3. The third-order valence-corrected chi connectivity index (χ3v) is 7.06. The first-order valence-electron chi connectivity index (χ1n) is 12.7. The van der Waals surface area contributed by atoms with Crippen molar-refractivity contribution in [3.8, 4) is 39.5 Å². The van der Waals surface area contributed by atoms with Crippen LogP contribution in [-0.4, -0.2) is 41.2 Å². The summed E-state index contributed by atoms with van der Waals surface area (Å²) in [6.07, 6.45) is 17.2. The van der Waals surface area contributed by atoms with E-state index in [1.807, 2.05) is 43.0 Å². The molecule has 6 aromatic rings. The molecule has 0 saturated heterocycles. The van der Waals surface area contributed by atoms with Crippen LogP contribution in [0.15, 0.2) is 73.6 Å². The van der Waals surface area contributed by atoms with Crippen LogP contribution in [0.5, 0.6) is 5.75 Å². The minimum atomic E-state index is 0.277. The Morgan fingerprint density at radius 2 is 1.70 bits per heavy atom. The molecule has 182 valence electrons. The van der Waals surface area contributed by atoms with Crippen molar-refractivity contribution in [2.24, 2.45) is 0 Å². The number of ether oxygens (including phenoxy) is 1. The monoisotopic (exact) mass is 487 g/mol. The van der Waals surface area contributed by atoms with Gasteiger partial charge in [-0.05, 0) is 56.0 Å². The molecular formula is C29H25N7O. The summed E-state index contributed by atoms with van der Waals surface area (Å²) in [4.78, 5) is 21.5. The van der Waals surface area contributed by atoms with E-state index in [4.69, 9.17) is 4.74 Å². The Hall–Kier alpha value is -4.59. The molecule has 8 nitrogen and oxygen atoms in total. The van der Waals surface area contributed by atoms with E-state index in [-0.39, 0.29) is 6.10 Å². The topological polar surface area (TPSA) is 105 Å². The maximum absolute atomic E-state index is 6.25. The lowest BCUT2D eigenvalue weighted by atomic mass is 9.98. The van der Waals surface area contributed by atoms with Crippen LogP contribution in [0.2, 0.25) is 0 Å². The Morgan fingerprint density at radius 3 is 2.59 bits per heavy atom. The highest BCUT2D eigenvalue weighted by atomic mass is 16.5. The average Bonchev–Trinajstić information content (AvgIpc) is 3.58. The minimum Gasteiger partial charge on any atom is -0.489 e. The lowest BCUT2D eigenvalue weighted by molar-refractivity contribution is 0.154. The van der Waals surface area contributed by atoms with E-state index >= 15 is 0 Å². The van der Waals surface area contributed by atoms with Gasteiger partial charge in [0.25, 0.3) is 0 Å². The lowest BCUT2D eigenvalue weighted by Gasteiger charge is -2.23. The van der Waals surface area contributed by atoms with Gasteiger partial charge >= 0.3 is 0 Å². The Morgan fingerprint density at radius 1 is 0.811 bits per heavy atom. The van der Waals surface area contributed by atoms with Crippen LogP contribution in [0.1, 0.15) is 32.1 Å². The smallest absolute Gasteiger partial charge is 0.155 e. The molecule has 1 aliphatic carbocycles. The number of fused-ring (bicyclic) bond motifs is 2. The molecule has 0 spiro atoms. The number of hydrogen-bond donors (Lipinski definition) is 2. The normalized spacial score (nSPS) is 14.4. The molecule has 0 aliphatic heterocycles. The average molecular weight is 488 g/mol. The molecule has 0 bridgehead atoms. The summed E-state index contributed by atoms with van der Waals surface area (Å²) < 4.78 is 6.25. The lowest BCUT2D eigenvalue weighted by Crippen LogP contribution is -2.19. The zero-order chi connectivity index (χ0) is 24.6. The Balaban J connectivity index is 1.26. The number of nitrogens with one attached hydrogen (secondary N) is 2. The number of H-pyrrole nitrogens is 2. The molecule has 37 heavy (non-hydrogen) atoms. The summed E-state index contributed by atoms with van der Waals surface area (Å²) in [5, 5.41) is 9.64. The summed E-state index contributed by atoms with van der Waals surface area (Å²) >= 11 is 0. The van der Waals surface area contributed by atoms with Crippen LogP contribution in [-0.2, 0) is 0 Å². The second-order valence-electron chi connectivity index (χ2n) is 9.53. The van der Waals surface area contributed by atoms with Crippen LogP contribution in [0, 0.1) is 0 Å². The van der Waals surface area contributed by atoms with Gasteiger partial charge in [-0.25, -0.2) is 4.98 Å². The van der Waals surface area contributed by atoms with Crippen LogP contribution in [0.3, 0.4) is 0 Å². The summed E-state index contributed by atoms with van der Waals surface area (Å²) in [7, 11) is 0. The molecular weight excluding hydrogens is 462 g/mol. The highest BCUT2D eigenvalue weighted by Gasteiger charge is 2.17. The van der Waals surface area contributed by atoms with Crippen LogP contribution >= 0.6 is 0 Å². The zero-order valence-corrected chi connectivity index (χ0v) is 20.2. The third-order valence-electron chi connectivity index (χ3n) is 7.06. The van der Waals surface area contributed by atoms with Gasteiger partial charge in [0, 0.05) is 52.3 Å². The van der Waals surface area contributed by atoms with Crippen molar-refractivity contribution in [3.63, 3.8) is 0 Å². The standard InChI is InChI=1S/C29H25N7O/c1-2-6-20(7-3-1)37-21-10-18(13-30-15-21)19-11-23-28(35-36-29(23)33-14-19)26-12-22-24(16-31-17-27(22)34-26)25-8-4-5-9-32-25/h4-5,8-17,20,34H,1-3,6-7H2,(H,33,35,36). The summed E-state index contributed by atoms with van der Waals surface area (Å²) in [5.41, 5.74) is 7.12. The number of hydrogen-bond acceptors (Lipinski definition) is 6. The van der Waals surface area contributed by atoms with Gasteiger partial charge in [-0.1, -0.05) is 12.5 Å². The molecule has 0 amide bonds. The van der Waals surface area contributed by atoms with Gasteiger partial charge in [-0.2, -0.15) is 5.10 Å². The Labute approximate surface area is 213 Å². The third kappa shape index (κ3) is 4.10. The van der Waals surface area contributed by atoms with Gasteiger partial charge in [0.2, 0.25) is 0 Å². The molecule has 0 aromatic carbocycles. The van der Waals surface area contributed by atoms with Crippen molar-refractivity contribution in [3.05, 3.63) is 73.6 Å². The van der Waals surface area contributed by atoms with Crippen molar-refractivity contribution in [2.45, 2.75) is 38.2 Å². The van der Waals surface area contributed by atoms with Crippen LogP contribution < -0.4 is 4.74 Å². The second kappa shape index (κ2) is 9.13. The predicted octanol–water partition coefficient (Wildman–Crippen LogP) is 6.34. The Bertz CT molecular complexity index is 1700. The largest absolute Gasteiger partial charge is 0.489 e. The van der Waals surface area contributed by atoms with Gasteiger partial charge in [-0.3, -0.25) is 20.1 Å². The van der Waals surface area contributed by atoms with Crippen LogP contribution in [0.25, 0.3) is 55.7 Å². The molecule has 2 N–H and O–H groups in total. The van der Waals surface area contributed by atoms with E-state index in [0.29, 0.717) is 0 Å². The van der Waals surface area contributed by atoms with Crippen molar-refractivity contribution < 1.29 is 4.74 Å². The fourth-order valence-electron chi connectivity index (χ4n) is 5.19. The van der Waals surface area contributed by atoms with E-state index in [9.17, 15) is 0 Å². The molecule has 1 aliphatic rings. The van der Waals surface area contributed by atoms with E-state index in [1.54, 1.807) is 12.4 Å². The number of rotatable bonds is 5. The maximum Gasteiger partial charge on any atom is 0.155 e. The molecule has 7 rings (SSSR count). The van der Waals surface area contributed by atoms with Crippen molar-refractivity contribution in [1.82, 2.24) is 35.1 Å². The molecule has 1 fully saturated rings. The molecule has 8 heteroatoms. The summed E-state index contributed by atoms with van der Waals surface area (Å²) in [6, 6.07) is 12.1. The van der Waals surface area contributed by atoms with Crippen molar-refractivity contribution >= 4 is 21.9 Å². The van der Waals surface area contributed by atoms with Gasteiger partial charge < -0.3 is 9.72 Å². The van der Waals surface area contributed by atoms with E-state index < -0.39 is 0 Å². The molecule has 6 aromatic heterocycles. The van der Waals surface area contributed by atoms with Gasteiger partial charge in [0.05, 0.1) is 35.4 Å². The van der Waals surface area contributed by atoms with Gasteiger partial charge in [0.1, 0.15) is 11.4 Å². The summed E-state index contributed by atoms with van der Waals surface area (Å²) in [6.45, 7) is 0.